The number of nitrogens with zero attached hydrogens (tertiary/aromatic N) is 2. The highest BCUT2D eigenvalue weighted by molar-refractivity contribution is 6.32. The summed E-state index contributed by atoms with van der Waals surface area (Å²) < 4.78 is 0. The van der Waals surface area contributed by atoms with E-state index in [-0.39, 0.29) is 10.7 Å². The zero-order valence-electron chi connectivity index (χ0n) is 10.5. The van der Waals surface area contributed by atoms with Gasteiger partial charge in [0.25, 0.3) is 5.69 Å². The molecule has 2 rings (SSSR count). The van der Waals surface area contributed by atoms with E-state index >= 15 is 0 Å². The van der Waals surface area contributed by atoms with Crippen LogP contribution in [-0.2, 0) is 6.54 Å². The molecule has 0 unspecified atom stereocenters. The van der Waals surface area contributed by atoms with Crippen LogP contribution in [0.15, 0.2) is 18.2 Å². The first-order valence-electron chi connectivity index (χ1n) is 5.67. The SMILES string of the molecule is Cc1n[nH]c(C)c1CNc1ccc(Cl)c([N+](=O)[O-])c1. The van der Waals surface area contributed by atoms with E-state index in [9.17, 15) is 10.1 Å². The van der Waals surface area contributed by atoms with Gasteiger partial charge in [0.15, 0.2) is 0 Å². The van der Waals surface area contributed by atoms with Crippen molar-refractivity contribution in [3.8, 4) is 0 Å². The molecule has 0 radical (unpaired) electrons. The lowest BCUT2D eigenvalue weighted by molar-refractivity contribution is -0.384. The monoisotopic (exact) mass is 280 g/mol. The third kappa shape index (κ3) is 2.85. The summed E-state index contributed by atoms with van der Waals surface area (Å²) in [6.07, 6.45) is 0. The van der Waals surface area contributed by atoms with Crippen molar-refractivity contribution in [2.75, 3.05) is 5.32 Å². The number of nitrogens with one attached hydrogen (secondary N) is 2. The summed E-state index contributed by atoms with van der Waals surface area (Å²) in [6.45, 7) is 4.39. The molecule has 0 fully saturated rings. The second-order valence-corrected chi connectivity index (χ2v) is 4.60. The summed E-state index contributed by atoms with van der Waals surface area (Å²) >= 11 is 5.76. The number of hydrogen-bond donors (Lipinski definition) is 2. The number of nitro groups is 1. The van der Waals surface area contributed by atoms with Crippen LogP contribution in [0.1, 0.15) is 17.0 Å². The van der Waals surface area contributed by atoms with E-state index in [0.29, 0.717) is 12.2 Å². The Morgan fingerprint density at radius 3 is 2.79 bits per heavy atom. The molecule has 0 amide bonds. The first kappa shape index (κ1) is 13.4. The maximum atomic E-state index is 10.8. The van der Waals surface area contributed by atoms with Crippen LogP contribution in [0.2, 0.25) is 5.02 Å². The largest absolute Gasteiger partial charge is 0.381 e. The first-order valence-corrected chi connectivity index (χ1v) is 6.05. The summed E-state index contributed by atoms with van der Waals surface area (Å²) in [5, 5.41) is 21.0. The summed E-state index contributed by atoms with van der Waals surface area (Å²) in [5.41, 5.74) is 3.49. The summed E-state index contributed by atoms with van der Waals surface area (Å²) in [5.74, 6) is 0. The summed E-state index contributed by atoms with van der Waals surface area (Å²) in [4.78, 5) is 10.3. The fourth-order valence-electron chi connectivity index (χ4n) is 1.79. The molecule has 0 atom stereocenters. The van der Waals surface area contributed by atoms with Crippen LogP contribution >= 0.6 is 11.6 Å². The standard InChI is InChI=1S/C12H13ClN4O2/c1-7-10(8(2)16-15-7)6-14-9-3-4-11(13)12(5-9)17(18)19/h3-5,14H,6H2,1-2H3,(H,15,16). The van der Waals surface area contributed by atoms with Crippen LogP contribution in [0.5, 0.6) is 0 Å². The van der Waals surface area contributed by atoms with Gasteiger partial charge in [-0.05, 0) is 26.0 Å². The van der Waals surface area contributed by atoms with Gasteiger partial charge in [-0.15, -0.1) is 0 Å². The molecule has 1 heterocycles. The van der Waals surface area contributed by atoms with Gasteiger partial charge in [0.05, 0.1) is 10.6 Å². The van der Waals surface area contributed by atoms with Crippen molar-refractivity contribution in [3.63, 3.8) is 0 Å². The number of H-pyrrole nitrogens is 1. The first-order chi connectivity index (χ1) is 8.99. The van der Waals surface area contributed by atoms with Gasteiger partial charge in [-0.25, -0.2) is 0 Å². The van der Waals surface area contributed by atoms with Crippen molar-refractivity contribution in [2.24, 2.45) is 0 Å². The van der Waals surface area contributed by atoms with Crippen molar-refractivity contribution < 1.29 is 4.92 Å². The highest BCUT2D eigenvalue weighted by Gasteiger charge is 2.13. The number of aryl methyl sites for hydroxylation is 2. The minimum atomic E-state index is -0.498. The van der Waals surface area contributed by atoms with Gasteiger partial charge < -0.3 is 5.32 Å². The zero-order valence-corrected chi connectivity index (χ0v) is 11.3. The number of halogens is 1. The molecule has 0 spiro atoms. The molecule has 6 nitrogen and oxygen atoms in total. The molecule has 100 valence electrons. The number of hydrogen-bond acceptors (Lipinski definition) is 4. The molecule has 0 aliphatic carbocycles. The lowest BCUT2D eigenvalue weighted by atomic mass is 10.2. The Bertz CT molecular complexity index is 605. The van der Waals surface area contributed by atoms with Crippen LogP contribution in [0.3, 0.4) is 0 Å². The maximum Gasteiger partial charge on any atom is 0.289 e. The second kappa shape index (κ2) is 5.27. The van der Waals surface area contributed by atoms with Gasteiger partial charge in [-0.3, -0.25) is 15.2 Å². The van der Waals surface area contributed by atoms with Gasteiger partial charge in [0, 0.05) is 29.6 Å². The van der Waals surface area contributed by atoms with Gasteiger partial charge in [0.2, 0.25) is 0 Å². The molecule has 2 aromatic rings. The predicted octanol–water partition coefficient (Wildman–Crippen LogP) is 3.20. The molecule has 0 bridgehead atoms. The molecule has 0 saturated heterocycles. The Balaban J connectivity index is 2.16. The van der Waals surface area contributed by atoms with Gasteiger partial charge in [-0.1, -0.05) is 11.6 Å². The molecule has 0 aliphatic heterocycles. The van der Waals surface area contributed by atoms with Crippen molar-refractivity contribution in [2.45, 2.75) is 20.4 Å². The Morgan fingerprint density at radius 1 is 1.47 bits per heavy atom. The van der Waals surface area contributed by atoms with Gasteiger partial charge in [-0.2, -0.15) is 5.10 Å². The smallest absolute Gasteiger partial charge is 0.289 e. The van der Waals surface area contributed by atoms with E-state index in [0.717, 1.165) is 17.0 Å². The second-order valence-electron chi connectivity index (χ2n) is 4.19. The van der Waals surface area contributed by atoms with Crippen LogP contribution in [0, 0.1) is 24.0 Å². The van der Waals surface area contributed by atoms with Crippen LogP contribution in [0.4, 0.5) is 11.4 Å². The Morgan fingerprint density at radius 2 is 2.21 bits per heavy atom. The lowest BCUT2D eigenvalue weighted by Gasteiger charge is -2.07. The molecule has 7 heteroatoms. The predicted molar refractivity (Wildman–Crippen MR) is 73.5 cm³/mol. The molecule has 0 aliphatic rings. The highest BCUT2D eigenvalue weighted by atomic mass is 35.5. The number of benzene rings is 1. The number of aromatic amines is 1. The Kier molecular flexibility index (Phi) is 3.71. The number of rotatable bonds is 4. The quantitative estimate of drug-likeness (QED) is 0.665. The van der Waals surface area contributed by atoms with Crippen molar-refractivity contribution in [1.82, 2.24) is 10.2 Å². The minimum absolute atomic E-state index is 0.104. The van der Waals surface area contributed by atoms with Gasteiger partial charge in [0.1, 0.15) is 5.02 Å². The zero-order chi connectivity index (χ0) is 14.0. The fraction of sp³-hybridized carbons (Fsp3) is 0.250. The van der Waals surface area contributed by atoms with Crippen molar-refractivity contribution in [1.29, 1.82) is 0 Å². The van der Waals surface area contributed by atoms with E-state index in [1.54, 1.807) is 6.07 Å². The molecular formula is C12H13ClN4O2. The van der Waals surface area contributed by atoms with E-state index < -0.39 is 4.92 Å². The minimum Gasteiger partial charge on any atom is -0.381 e. The molecular weight excluding hydrogens is 268 g/mol. The van der Waals surface area contributed by atoms with Crippen LogP contribution in [0.25, 0.3) is 0 Å². The maximum absolute atomic E-state index is 10.8. The average Bonchev–Trinajstić information content (AvgIpc) is 2.68. The van der Waals surface area contributed by atoms with Crippen molar-refractivity contribution >= 4 is 23.0 Å². The number of nitro benzene ring substituents is 1. The number of anilines is 1. The molecule has 0 saturated carbocycles. The number of aromatic nitrogens is 2. The topological polar surface area (TPSA) is 83.8 Å². The molecule has 2 N–H and O–H groups in total. The average molecular weight is 281 g/mol. The van der Waals surface area contributed by atoms with Crippen LogP contribution in [-0.4, -0.2) is 15.1 Å². The van der Waals surface area contributed by atoms with Crippen molar-refractivity contribution in [3.05, 3.63) is 50.3 Å². The molecule has 1 aromatic carbocycles. The Hall–Kier alpha value is -2.08. The lowest BCUT2D eigenvalue weighted by Crippen LogP contribution is -2.02. The summed E-state index contributed by atoms with van der Waals surface area (Å²) in [7, 11) is 0. The van der Waals surface area contributed by atoms with E-state index in [1.807, 2.05) is 13.8 Å². The van der Waals surface area contributed by atoms with E-state index in [1.165, 1.54) is 12.1 Å². The van der Waals surface area contributed by atoms with Gasteiger partial charge >= 0.3 is 0 Å². The molecule has 1 aromatic heterocycles. The van der Waals surface area contributed by atoms with Crippen LogP contribution < -0.4 is 5.32 Å². The Labute approximate surface area is 114 Å². The van der Waals surface area contributed by atoms with E-state index in [4.69, 9.17) is 11.6 Å². The van der Waals surface area contributed by atoms with E-state index in [2.05, 4.69) is 15.5 Å². The fourth-order valence-corrected chi connectivity index (χ4v) is 1.97. The third-order valence-corrected chi connectivity index (χ3v) is 3.21. The third-order valence-electron chi connectivity index (χ3n) is 2.89. The molecule has 19 heavy (non-hydrogen) atoms. The normalized spacial score (nSPS) is 10.5. The summed E-state index contributed by atoms with van der Waals surface area (Å²) in [6, 6.07) is 4.64. The highest BCUT2D eigenvalue weighted by Crippen LogP contribution is 2.27.